The van der Waals surface area contributed by atoms with Gasteiger partial charge in [-0.15, -0.1) is 0 Å². The topological polar surface area (TPSA) is 161 Å². The molecule has 6 unspecified atom stereocenters. The molecule has 0 aromatic carbocycles. The van der Waals surface area contributed by atoms with Crippen molar-refractivity contribution in [1.29, 1.82) is 0 Å². The first-order valence-corrected chi connectivity index (χ1v) is 26.3. The van der Waals surface area contributed by atoms with Gasteiger partial charge in [0.2, 0.25) is 0 Å². The van der Waals surface area contributed by atoms with Gasteiger partial charge >= 0.3 is 10.4 Å². The fourth-order valence-electron chi connectivity index (χ4n) is 8.50. The second-order valence-electron chi connectivity index (χ2n) is 20.7. The van der Waals surface area contributed by atoms with E-state index >= 15 is 0 Å². The Kier molecular flexibility index (Phi) is 32.6. The molecule has 1 fully saturated rings. The molecule has 366 valence electrons. The van der Waals surface area contributed by atoms with E-state index in [2.05, 4.69) is 73.4 Å². The van der Waals surface area contributed by atoms with Crippen LogP contribution in [-0.4, -0.2) is 98.1 Å². The lowest BCUT2D eigenvalue weighted by Crippen LogP contribution is -2.59. The standard InChI is InChI=1S/C49H98O11S/c1-36(2)17-11-19-38(5)21-13-23-40(7)25-15-27-42(9)29-31-56-33-44(34-58-49-48(52)47(51)46(50)45(60-49)35-59-61(53,54)55)57-32-30-43(10)28-16-26-41(8)24-14-22-39(6)20-12-18-37(3)4/h36-52H,11-35H2,1-10H3,(H,53,54,55)/t38?,39?,40?,41?,42?,43?,44-,45+,46+,47-,48+,49-/m0/s1. The summed E-state index contributed by atoms with van der Waals surface area (Å²) < 4.78 is 59.4. The SMILES string of the molecule is CC(C)CCCC(C)CCCC(C)CCCC(C)CCOC[C@@H](CO[C@H]1O[C@H](COS(=O)(=O)O)[C@@H](O)[C@H](O)[C@H]1O)OCCC(C)CCCC(C)CCCC(C)CCCC(C)C. The fourth-order valence-corrected chi connectivity index (χ4v) is 8.81. The van der Waals surface area contributed by atoms with Crippen LogP contribution in [-0.2, 0) is 33.5 Å². The van der Waals surface area contributed by atoms with E-state index in [1.54, 1.807) is 0 Å². The van der Waals surface area contributed by atoms with Crippen LogP contribution in [0.2, 0.25) is 0 Å². The van der Waals surface area contributed by atoms with Gasteiger partial charge in [0.25, 0.3) is 0 Å². The van der Waals surface area contributed by atoms with Gasteiger partial charge in [0, 0.05) is 13.2 Å². The van der Waals surface area contributed by atoms with Crippen molar-refractivity contribution in [1.82, 2.24) is 0 Å². The Morgan fingerprint density at radius 2 is 0.869 bits per heavy atom. The molecule has 0 bridgehead atoms. The zero-order valence-corrected chi connectivity index (χ0v) is 41.6. The number of hydrogen-bond donors (Lipinski definition) is 4. The lowest BCUT2D eigenvalue weighted by Gasteiger charge is -2.40. The fraction of sp³-hybridized carbons (Fsp3) is 1.00. The summed E-state index contributed by atoms with van der Waals surface area (Å²) in [7, 11) is -4.81. The van der Waals surface area contributed by atoms with Crippen LogP contribution in [0.3, 0.4) is 0 Å². The molecule has 1 aliphatic rings. The van der Waals surface area contributed by atoms with Crippen molar-refractivity contribution in [3.63, 3.8) is 0 Å². The number of ether oxygens (including phenoxy) is 4. The maximum Gasteiger partial charge on any atom is 0.397 e. The monoisotopic (exact) mass is 895 g/mol. The highest BCUT2D eigenvalue weighted by Gasteiger charge is 2.45. The Hall–Kier alpha value is -0.410. The summed E-state index contributed by atoms with van der Waals surface area (Å²) in [6.07, 6.45) is 16.9. The van der Waals surface area contributed by atoms with E-state index in [9.17, 15) is 23.7 Å². The highest BCUT2D eigenvalue weighted by molar-refractivity contribution is 7.80. The molecular formula is C49H98O11S. The summed E-state index contributed by atoms with van der Waals surface area (Å²) >= 11 is 0. The first-order chi connectivity index (χ1) is 28.8. The van der Waals surface area contributed by atoms with E-state index < -0.39 is 53.8 Å². The van der Waals surface area contributed by atoms with Crippen molar-refractivity contribution in [2.24, 2.45) is 47.3 Å². The molecule has 4 N–H and O–H groups in total. The van der Waals surface area contributed by atoms with Crippen LogP contribution in [0, 0.1) is 47.3 Å². The third-order valence-electron chi connectivity index (χ3n) is 13.1. The average molecular weight is 895 g/mol. The zero-order valence-electron chi connectivity index (χ0n) is 40.8. The molecule has 61 heavy (non-hydrogen) atoms. The molecule has 1 saturated heterocycles. The Bertz CT molecular complexity index is 1140. The van der Waals surface area contributed by atoms with E-state index in [0.717, 1.165) is 54.8 Å². The Morgan fingerprint density at radius 3 is 1.26 bits per heavy atom. The highest BCUT2D eigenvalue weighted by Crippen LogP contribution is 2.26. The van der Waals surface area contributed by atoms with Crippen LogP contribution in [0.25, 0.3) is 0 Å². The smallest absolute Gasteiger partial charge is 0.387 e. The summed E-state index contributed by atoms with van der Waals surface area (Å²) in [4.78, 5) is 0. The normalized spacial score (nSPS) is 23.6. The lowest BCUT2D eigenvalue weighted by molar-refractivity contribution is -0.305. The molecule has 0 saturated carbocycles. The molecule has 0 radical (unpaired) electrons. The minimum Gasteiger partial charge on any atom is -0.387 e. The Labute approximate surface area is 375 Å². The van der Waals surface area contributed by atoms with Gasteiger partial charge in [0.15, 0.2) is 6.29 Å². The van der Waals surface area contributed by atoms with Crippen molar-refractivity contribution >= 4 is 10.4 Å². The molecule has 0 aromatic rings. The van der Waals surface area contributed by atoms with Crippen molar-refractivity contribution in [2.45, 2.75) is 234 Å². The van der Waals surface area contributed by atoms with Crippen LogP contribution >= 0.6 is 0 Å². The van der Waals surface area contributed by atoms with Crippen LogP contribution in [0.5, 0.6) is 0 Å². The minimum absolute atomic E-state index is 0.0250. The van der Waals surface area contributed by atoms with Crippen LogP contribution in [0.15, 0.2) is 0 Å². The molecule has 0 spiro atoms. The highest BCUT2D eigenvalue weighted by atomic mass is 32.3. The Morgan fingerprint density at radius 1 is 0.492 bits per heavy atom. The number of hydrogen-bond acceptors (Lipinski definition) is 10. The number of aliphatic hydroxyl groups excluding tert-OH is 3. The molecule has 0 aliphatic carbocycles. The van der Waals surface area contributed by atoms with E-state index in [-0.39, 0.29) is 13.2 Å². The van der Waals surface area contributed by atoms with Gasteiger partial charge in [-0.2, -0.15) is 8.42 Å². The zero-order chi connectivity index (χ0) is 45.8. The lowest BCUT2D eigenvalue weighted by atomic mass is 9.91. The van der Waals surface area contributed by atoms with Crippen LogP contribution < -0.4 is 0 Å². The molecule has 1 aliphatic heterocycles. The third-order valence-corrected chi connectivity index (χ3v) is 13.5. The number of rotatable bonds is 39. The summed E-state index contributed by atoms with van der Waals surface area (Å²) in [6.45, 7) is 24.0. The van der Waals surface area contributed by atoms with Gasteiger partial charge in [0.05, 0.1) is 19.8 Å². The maximum atomic E-state index is 11.1. The van der Waals surface area contributed by atoms with Crippen LogP contribution in [0.1, 0.15) is 198 Å². The largest absolute Gasteiger partial charge is 0.397 e. The summed E-state index contributed by atoms with van der Waals surface area (Å²) in [5.41, 5.74) is 0. The quantitative estimate of drug-likeness (QED) is 0.0343. The van der Waals surface area contributed by atoms with Crippen molar-refractivity contribution in [3.8, 4) is 0 Å². The summed E-state index contributed by atoms with van der Waals surface area (Å²) in [6, 6.07) is 0. The van der Waals surface area contributed by atoms with Gasteiger partial charge in [-0.05, 0) is 60.2 Å². The second-order valence-corrected chi connectivity index (χ2v) is 21.8. The molecule has 12 heteroatoms. The maximum absolute atomic E-state index is 11.1. The molecule has 11 nitrogen and oxygen atoms in total. The van der Waals surface area contributed by atoms with Gasteiger partial charge in [0.1, 0.15) is 30.5 Å². The Balaban J connectivity index is 2.55. The summed E-state index contributed by atoms with van der Waals surface area (Å²) in [5, 5.41) is 31.4. The van der Waals surface area contributed by atoms with Crippen molar-refractivity contribution in [2.75, 3.05) is 33.0 Å². The molecule has 0 amide bonds. The van der Waals surface area contributed by atoms with E-state index in [1.165, 1.54) is 109 Å². The van der Waals surface area contributed by atoms with E-state index in [4.69, 9.17) is 23.5 Å². The third kappa shape index (κ3) is 31.2. The molecule has 0 aromatic heterocycles. The number of aliphatic hydroxyl groups is 3. The van der Waals surface area contributed by atoms with Gasteiger partial charge in [-0.3, -0.25) is 4.55 Å². The van der Waals surface area contributed by atoms with Crippen LogP contribution in [0.4, 0.5) is 0 Å². The molecule has 1 heterocycles. The first kappa shape index (κ1) is 58.6. The first-order valence-electron chi connectivity index (χ1n) is 24.9. The van der Waals surface area contributed by atoms with Gasteiger partial charge in [-0.1, -0.05) is 185 Å². The van der Waals surface area contributed by atoms with Crippen molar-refractivity contribution < 1.29 is 51.4 Å². The predicted molar refractivity (Wildman–Crippen MR) is 248 cm³/mol. The molecule has 1 rings (SSSR count). The van der Waals surface area contributed by atoms with E-state index in [0.29, 0.717) is 25.0 Å². The van der Waals surface area contributed by atoms with Gasteiger partial charge in [-0.25, -0.2) is 4.18 Å². The second kappa shape index (κ2) is 34.0. The summed E-state index contributed by atoms with van der Waals surface area (Å²) in [5.74, 6) is 5.77. The average Bonchev–Trinajstić information content (AvgIpc) is 3.17. The van der Waals surface area contributed by atoms with E-state index in [1.807, 2.05) is 0 Å². The minimum atomic E-state index is -4.81. The predicted octanol–water partition coefficient (Wildman–Crippen LogP) is 11.0. The van der Waals surface area contributed by atoms with Gasteiger partial charge < -0.3 is 34.3 Å². The van der Waals surface area contributed by atoms with Crippen molar-refractivity contribution in [3.05, 3.63) is 0 Å². The molecular weight excluding hydrogens is 797 g/mol. The molecule has 12 atom stereocenters.